The van der Waals surface area contributed by atoms with Crippen molar-refractivity contribution in [1.29, 1.82) is 0 Å². The number of rotatable bonds is 11. The van der Waals surface area contributed by atoms with Crippen molar-refractivity contribution < 1.29 is 19.1 Å². The van der Waals surface area contributed by atoms with Crippen molar-refractivity contribution in [3.8, 4) is 11.5 Å². The summed E-state index contributed by atoms with van der Waals surface area (Å²) < 4.78 is 12.1. The number of nitrogens with one attached hydrogen (secondary N) is 3. The molecule has 2 amide bonds. The van der Waals surface area contributed by atoms with Crippen molar-refractivity contribution in [2.75, 3.05) is 13.2 Å². The normalized spacial score (nSPS) is 10.5. The molecular formula is C27H30BrN3O4S. The van der Waals surface area contributed by atoms with E-state index in [1.807, 2.05) is 30.3 Å². The van der Waals surface area contributed by atoms with Gasteiger partial charge in [0.05, 0.1) is 11.1 Å². The number of hydrogen-bond donors (Lipinski definition) is 3. The highest BCUT2D eigenvalue weighted by Crippen LogP contribution is 2.32. The van der Waals surface area contributed by atoms with E-state index in [-0.39, 0.29) is 11.7 Å². The SMILES string of the molecule is CCCCCCCOc1ccc(C(=O)NC(=S)NNC(=O)COc2ccc3ccccc3c2Br)cc1. The van der Waals surface area contributed by atoms with Crippen LogP contribution in [0.15, 0.2) is 65.1 Å². The molecule has 0 aromatic heterocycles. The number of halogens is 1. The number of benzene rings is 3. The van der Waals surface area contributed by atoms with Gasteiger partial charge in [-0.15, -0.1) is 0 Å². The average molecular weight is 573 g/mol. The molecule has 3 aromatic rings. The summed E-state index contributed by atoms with van der Waals surface area (Å²) >= 11 is 8.62. The van der Waals surface area contributed by atoms with Crippen LogP contribution in [0.25, 0.3) is 10.8 Å². The average Bonchev–Trinajstić information content (AvgIpc) is 2.89. The molecule has 0 fully saturated rings. The van der Waals surface area contributed by atoms with E-state index in [1.165, 1.54) is 19.3 Å². The van der Waals surface area contributed by atoms with Gasteiger partial charge in [-0.3, -0.25) is 25.8 Å². The maximum Gasteiger partial charge on any atom is 0.276 e. The van der Waals surface area contributed by atoms with Crippen LogP contribution in [0.2, 0.25) is 0 Å². The van der Waals surface area contributed by atoms with Gasteiger partial charge >= 0.3 is 0 Å². The van der Waals surface area contributed by atoms with Crippen LogP contribution in [0.4, 0.5) is 0 Å². The summed E-state index contributed by atoms with van der Waals surface area (Å²) in [6.07, 6.45) is 5.86. The van der Waals surface area contributed by atoms with Crippen LogP contribution in [-0.4, -0.2) is 30.1 Å². The van der Waals surface area contributed by atoms with E-state index >= 15 is 0 Å². The Bertz CT molecular complexity index is 1190. The van der Waals surface area contributed by atoms with Crippen LogP contribution >= 0.6 is 28.1 Å². The van der Waals surface area contributed by atoms with Gasteiger partial charge in [-0.05, 0) is 75.7 Å². The maximum absolute atomic E-state index is 12.4. The molecule has 0 saturated carbocycles. The van der Waals surface area contributed by atoms with Gasteiger partial charge in [0.2, 0.25) is 0 Å². The lowest BCUT2D eigenvalue weighted by Gasteiger charge is -2.13. The molecule has 36 heavy (non-hydrogen) atoms. The van der Waals surface area contributed by atoms with Gasteiger partial charge < -0.3 is 9.47 Å². The molecule has 3 N–H and O–H groups in total. The first-order valence-electron chi connectivity index (χ1n) is 11.9. The summed E-state index contributed by atoms with van der Waals surface area (Å²) in [5.41, 5.74) is 5.34. The van der Waals surface area contributed by atoms with E-state index in [2.05, 4.69) is 39.0 Å². The van der Waals surface area contributed by atoms with Crippen LogP contribution in [0.1, 0.15) is 49.4 Å². The van der Waals surface area contributed by atoms with Crippen LogP contribution in [0.3, 0.4) is 0 Å². The molecule has 3 rings (SSSR count). The summed E-state index contributed by atoms with van der Waals surface area (Å²) in [6, 6.07) is 18.4. The molecule has 0 aliphatic carbocycles. The predicted molar refractivity (Wildman–Crippen MR) is 149 cm³/mol. The fourth-order valence-corrected chi connectivity index (χ4v) is 4.19. The first kappa shape index (κ1) is 27.4. The number of carbonyl (C=O) groups is 2. The van der Waals surface area contributed by atoms with Crippen molar-refractivity contribution in [3.05, 3.63) is 70.7 Å². The second-order valence-corrected chi connectivity index (χ2v) is 9.33. The lowest BCUT2D eigenvalue weighted by atomic mass is 10.1. The first-order valence-corrected chi connectivity index (χ1v) is 13.1. The van der Waals surface area contributed by atoms with Gasteiger partial charge in [0, 0.05) is 5.56 Å². The van der Waals surface area contributed by atoms with E-state index in [1.54, 1.807) is 30.3 Å². The second kappa shape index (κ2) is 14.4. The highest BCUT2D eigenvalue weighted by molar-refractivity contribution is 9.10. The molecule has 0 unspecified atom stereocenters. The topological polar surface area (TPSA) is 88.7 Å². The largest absolute Gasteiger partial charge is 0.494 e. The van der Waals surface area contributed by atoms with Gasteiger partial charge in [0.25, 0.3) is 11.8 Å². The van der Waals surface area contributed by atoms with Gasteiger partial charge in [0.15, 0.2) is 11.7 Å². The highest BCUT2D eigenvalue weighted by Gasteiger charge is 2.11. The molecular weight excluding hydrogens is 542 g/mol. The van der Waals surface area contributed by atoms with Gasteiger partial charge in [-0.25, -0.2) is 0 Å². The lowest BCUT2D eigenvalue weighted by Crippen LogP contribution is -2.49. The number of amides is 2. The van der Waals surface area contributed by atoms with Crippen LogP contribution in [-0.2, 0) is 4.79 Å². The third-order valence-electron chi connectivity index (χ3n) is 5.36. The van der Waals surface area contributed by atoms with E-state index in [4.69, 9.17) is 21.7 Å². The third kappa shape index (κ3) is 8.49. The predicted octanol–water partition coefficient (Wildman–Crippen LogP) is 5.67. The zero-order valence-electron chi connectivity index (χ0n) is 20.1. The molecule has 0 radical (unpaired) electrons. The van der Waals surface area contributed by atoms with E-state index in [0.717, 1.165) is 28.1 Å². The van der Waals surface area contributed by atoms with Gasteiger partial charge in [0.1, 0.15) is 11.5 Å². The number of hydrogen-bond acceptors (Lipinski definition) is 5. The fraction of sp³-hybridized carbons (Fsp3) is 0.296. The number of hydrazine groups is 1. The summed E-state index contributed by atoms with van der Waals surface area (Å²) in [5.74, 6) is 0.406. The van der Waals surface area contributed by atoms with E-state index in [9.17, 15) is 9.59 Å². The van der Waals surface area contributed by atoms with E-state index in [0.29, 0.717) is 23.7 Å². The Balaban J connectivity index is 1.37. The molecule has 0 atom stereocenters. The standard InChI is InChI=1S/C27H30BrN3O4S/c1-2-3-4-5-8-17-34-21-14-11-20(12-15-21)26(33)29-27(36)31-30-24(32)18-35-23-16-13-19-9-6-7-10-22(19)25(23)28/h6-7,9-16H,2-5,8,17-18H2,1H3,(H,30,32)(H2,29,31,33,36). The minimum atomic E-state index is -0.456. The summed E-state index contributed by atoms with van der Waals surface area (Å²) in [7, 11) is 0. The summed E-state index contributed by atoms with van der Waals surface area (Å²) in [4.78, 5) is 24.6. The molecule has 3 aromatic carbocycles. The molecule has 9 heteroatoms. The van der Waals surface area contributed by atoms with Crippen LogP contribution in [0.5, 0.6) is 11.5 Å². The molecule has 0 heterocycles. The Labute approximate surface area is 225 Å². The summed E-state index contributed by atoms with van der Waals surface area (Å²) in [5, 5.41) is 4.53. The number of thiocarbonyl (C=S) groups is 1. The second-order valence-electron chi connectivity index (χ2n) is 8.13. The number of carbonyl (C=O) groups excluding carboxylic acids is 2. The Morgan fingerprint density at radius 1 is 0.889 bits per heavy atom. The number of unbranched alkanes of at least 4 members (excludes halogenated alkanes) is 4. The third-order valence-corrected chi connectivity index (χ3v) is 6.38. The number of fused-ring (bicyclic) bond motifs is 1. The number of ether oxygens (including phenoxy) is 2. The zero-order chi connectivity index (χ0) is 25.8. The molecule has 0 saturated heterocycles. The smallest absolute Gasteiger partial charge is 0.276 e. The molecule has 190 valence electrons. The van der Waals surface area contributed by atoms with Crippen molar-refractivity contribution >= 4 is 55.8 Å². The molecule has 0 spiro atoms. The maximum atomic E-state index is 12.4. The van der Waals surface area contributed by atoms with Crippen LogP contribution in [0, 0.1) is 0 Å². The highest BCUT2D eigenvalue weighted by atomic mass is 79.9. The lowest BCUT2D eigenvalue weighted by molar-refractivity contribution is -0.123. The molecule has 0 bridgehead atoms. The van der Waals surface area contributed by atoms with Crippen LogP contribution < -0.4 is 25.6 Å². The Hall–Kier alpha value is -3.17. The van der Waals surface area contributed by atoms with Crippen molar-refractivity contribution in [1.82, 2.24) is 16.2 Å². The minimum Gasteiger partial charge on any atom is -0.494 e. The quantitative estimate of drug-likeness (QED) is 0.156. The van der Waals surface area contributed by atoms with E-state index < -0.39 is 11.8 Å². The molecule has 7 nitrogen and oxygen atoms in total. The fourth-order valence-electron chi connectivity index (χ4n) is 3.44. The zero-order valence-corrected chi connectivity index (χ0v) is 22.5. The van der Waals surface area contributed by atoms with Crippen molar-refractivity contribution in [3.63, 3.8) is 0 Å². The van der Waals surface area contributed by atoms with Gasteiger partial charge in [-0.2, -0.15) is 0 Å². The van der Waals surface area contributed by atoms with Gasteiger partial charge in [-0.1, -0.05) is 62.9 Å². The molecule has 0 aliphatic heterocycles. The Kier molecular flexibility index (Phi) is 11.0. The Morgan fingerprint density at radius 2 is 1.64 bits per heavy atom. The minimum absolute atomic E-state index is 0.0346. The van der Waals surface area contributed by atoms with Crippen molar-refractivity contribution in [2.45, 2.75) is 39.0 Å². The summed E-state index contributed by atoms with van der Waals surface area (Å²) in [6.45, 7) is 2.61. The monoisotopic (exact) mass is 571 g/mol. The van der Waals surface area contributed by atoms with Crippen molar-refractivity contribution in [2.24, 2.45) is 0 Å². The first-order chi connectivity index (χ1) is 17.5. The Morgan fingerprint density at radius 3 is 2.42 bits per heavy atom. The molecule has 0 aliphatic rings.